The maximum atomic E-state index is 13.2. The van der Waals surface area contributed by atoms with E-state index in [1.54, 1.807) is 0 Å². The molecular formula is C29H37N7OS. The van der Waals surface area contributed by atoms with E-state index < -0.39 is 0 Å². The predicted molar refractivity (Wildman–Crippen MR) is 154 cm³/mol. The summed E-state index contributed by atoms with van der Waals surface area (Å²) >= 11 is 4.46. The van der Waals surface area contributed by atoms with Crippen LogP contribution in [0.2, 0.25) is 0 Å². The van der Waals surface area contributed by atoms with Gasteiger partial charge in [-0.2, -0.15) is 12.6 Å². The lowest BCUT2D eigenvalue weighted by Gasteiger charge is -2.22. The fourth-order valence-electron chi connectivity index (χ4n) is 4.65. The van der Waals surface area contributed by atoms with Gasteiger partial charge in [-0.3, -0.25) is 4.79 Å². The van der Waals surface area contributed by atoms with Crippen LogP contribution in [0.4, 0.5) is 0 Å². The number of nitrogens with zero attached hydrogens (tertiary/aromatic N) is 4. The quantitative estimate of drug-likeness (QED) is 0.168. The monoisotopic (exact) mass is 531 g/mol. The van der Waals surface area contributed by atoms with Crippen LogP contribution in [-0.2, 0) is 17.6 Å². The van der Waals surface area contributed by atoms with Gasteiger partial charge in [-0.1, -0.05) is 75.7 Å². The molecule has 200 valence electrons. The van der Waals surface area contributed by atoms with Crippen molar-refractivity contribution in [2.24, 2.45) is 11.8 Å². The van der Waals surface area contributed by atoms with Gasteiger partial charge in [0, 0.05) is 29.9 Å². The van der Waals surface area contributed by atoms with Crippen LogP contribution in [0.25, 0.3) is 22.5 Å². The fourth-order valence-corrected chi connectivity index (χ4v) is 4.97. The summed E-state index contributed by atoms with van der Waals surface area (Å²) < 4.78 is 0. The van der Waals surface area contributed by atoms with Crippen molar-refractivity contribution < 1.29 is 4.79 Å². The van der Waals surface area contributed by atoms with Crippen molar-refractivity contribution >= 4 is 18.5 Å². The highest BCUT2D eigenvalue weighted by atomic mass is 32.1. The Bertz CT molecular complexity index is 1280. The third-order valence-electron chi connectivity index (χ3n) is 6.67. The number of hydrogen-bond acceptors (Lipinski definition) is 6. The fraction of sp³-hybridized carbons (Fsp3) is 0.414. The molecule has 3 N–H and O–H groups in total. The molecule has 0 fully saturated rings. The second-order valence-electron chi connectivity index (χ2n) is 10.1. The number of carbonyl (C=O) groups is 1. The topological polar surface area (TPSA) is 112 Å². The van der Waals surface area contributed by atoms with Crippen LogP contribution >= 0.6 is 12.6 Å². The summed E-state index contributed by atoms with van der Waals surface area (Å²) in [7, 11) is 0. The highest BCUT2D eigenvalue weighted by molar-refractivity contribution is 7.80. The van der Waals surface area contributed by atoms with Gasteiger partial charge in [-0.25, -0.2) is 10.1 Å². The molecule has 4 aromatic rings. The molecular weight excluding hydrogens is 494 g/mol. The molecule has 4 rings (SSSR count). The minimum absolute atomic E-state index is 0.0306. The van der Waals surface area contributed by atoms with Crippen LogP contribution in [0.15, 0.2) is 54.7 Å². The van der Waals surface area contributed by atoms with Gasteiger partial charge in [0.1, 0.15) is 5.82 Å². The van der Waals surface area contributed by atoms with Gasteiger partial charge in [0.2, 0.25) is 5.91 Å². The van der Waals surface area contributed by atoms with Crippen molar-refractivity contribution in [1.29, 1.82) is 0 Å². The average Bonchev–Trinajstić information content (AvgIpc) is 3.63. The van der Waals surface area contributed by atoms with Gasteiger partial charge in [-0.05, 0) is 52.3 Å². The molecule has 2 aromatic carbocycles. The number of nitrogens with one attached hydrogen (secondary N) is 3. The van der Waals surface area contributed by atoms with Crippen molar-refractivity contribution in [3.05, 3.63) is 71.8 Å². The van der Waals surface area contributed by atoms with E-state index in [0.29, 0.717) is 23.9 Å². The van der Waals surface area contributed by atoms with E-state index in [1.165, 1.54) is 0 Å². The average molecular weight is 532 g/mol. The number of amides is 1. The lowest BCUT2D eigenvalue weighted by Crippen LogP contribution is -2.36. The zero-order valence-electron chi connectivity index (χ0n) is 22.3. The van der Waals surface area contributed by atoms with Crippen LogP contribution in [0, 0.1) is 11.8 Å². The molecule has 9 heteroatoms. The molecule has 2 atom stereocenters. The van der Waals surface area contributed by atoms with Gasteiger partial charge in [-0.15, -0.1) is 5.10 Å². The van der Waals surface area contributed by atoms with Gasteiger partial charge in [0.15, 0.2) is 5.82 Å². The van der Waals surface area contributed by atoms with Crippen molar-refractivity contribution in [2.75, 3.05) is 5.75 Å². The maximum absolute atomic E-state index is 13.2. The molecule has 8 nitrogen and oxygen atoms in total. The number of benzene rings is 2. The number of aromatic nitrogens is 6. The molecule has 0 saturated carbocycles. The lowest BCUT2D eigenvalue weighted by molar-refractivity contribution is -0.125. The number of aryl methyl sites for hydroxylation is 1. The lowest BCUT2D eigenvalue weighted by atomic mass is 9.95. The summed E-state index contributed by atoms with van der Waals surface area (Å²) in [4.78, 5) is 21.4. The summed E-state index contributed by atoms with van der Waals surface area (Å²) in [6.45, 7) is 6.44. The molecule has 0 bridgehead atoms. The Morgan fingerprint density at radius 2 is 1.84 bits per heavy atom. The first-order chi connectivity index (χ1) is 18.5. The molecule has 0 aliphatic heterocycles. The number of unbranched alkanes of at least 4 members (excludes halogenated alkanes) is 1. The Labute approximate surface area is 229 Å². The number of tetrazole rings is 1. The normalized spacial score (nSPS) is 13.0. The Balaban J connectivity index is 1.56. The minimum Gasteiger partial charge on any atom is -0.348 e. The molecule has 2 unspecified atom stereocenters. The second kappa shape index (κ2) is 13.4. The number of imidazole rings is 1. The summed E-state index contributed by atoms with van der Waals surface area (Å²) in [6, 6.07) is 16.2. The molecule has 0 spiro atoms. The first-order valence-corrected chi connectivity index (χ1v) is 14.0. The smallest absolute Gasteiger partial charge is 0.224 e. The second-order valence-corrected chi connectivity index (χ2v) is 10.5. The summed E-state index contributed by atoms with van der Waals surface area (Å²) in [6.07, 6.45) is 6.46. The molecule has 38 heavy (non-hydrogen) atoms. The molecule has 0 radical (unpaired) electrons. The Hall–Kier alpha value is -3.46. The van der Waals surface area contributed by atoms with E-state index in [0.717, 1.165) is 59.5 Å². The van der Waals surface area contributed by atoms with E-state index in [1.807, 2.05) is 24.4 Å². The van der Waals surface area contributed by atoms with Crippen LogP contribution in [0.1, 0.15) is 63.2 Å². The van der Waals surface area contributed by atoms with Crippen LogP contribution in [-0.4, -0.2) is 42.3 Å². The molecule has 0 aliphatic rings. The van der Waals surface area contributed by atoms with Gasteiger partial charge < -0.3 is 10.3 Å². The molecule has 0 aliphatic carbocycles. The Morgan fingerprint density at radius 1 is 1.08 bits per heavy atom. The van der Waals surface area contributed by atoms with E-state index in [-0.39, 0.29) is 17.9 Å². The summed E-state index contributed by atoms with van der Waals surface area (Å²) in [5, 5.41) is 17.6. The highest BCUT2D eigenvalue weighted by Gasteiger charge is 2.24. The SMILES string of the molecule is CCCCc1nc(C(Cc2ccc(-c3ccccc3-c3nnn[nH]3)cc2)NC(=O)C(CS)CC(C)C)c[nH]1. The largest absolute Gasteiger partial charge is 0.348 e. The number of thiol groups is 1. The Kier molecular flexibility index (Phi) is 9.70. The number of rotatable bonds is 13. The number of carbonyl (C=O) groups excluding carboxylic acids is 1. The zero-order valence-corrected chi connectivity index (χ0v) is 23.2. The first-order valence-electron chi connectivity index (χ1n) is 13.4. The molecule has 0 saturated heterocycles. The predicted octanol–water partition coefficient (Wildman–Crippen LogP) is 5.59. The number of hydrogen-bond donors (Lipinski definition) is 4. The highest BCUT2D eigenvalue weighted by Crippen LogP contribution is 2.30. The third-order valence-corrected chi connectivity index (χ3v) is 7.11. The van der Waals surface area contributed by atoms with E-state index in [4.69, 9.17) is 4.98 Å². The number of H-pyrrole nitrogens is 2. The Morgan fingerprint density at radius 3 is 2.50 bits per heavy atom. The van der Waals surface area contributed by atoms with Crippen LogP contribution in [0.5, 0.6) is 0 Å². The minimum atomic E-state index is -0.234. The van der Waals surface area contributed by atoms with Gasteiger partial charge in [0.25, 0.3) is 0 Å². The standard InChI is InChI=1S/C29H37N7OS/c1-4-5-10-27-30-17-26(31-27)25(32-29(37)22(18-38)15-19(2)3)16-20-11-13-21(14-12-20)23-8-6-7-9-24(23)28-33-35-36-34-28/h6-9,11-14,17,19,22,25,38H,4-5,10,15-16,18H2,1-3H3,(H,30,31)(H,32,37)(H,33,34,35,36). The van der Waals surface area contributed by atoms with E-state index in [2.05, 4.69) is 94.7 Å². The summed E-state index contributed by atoms with van der Waals surface area (Å²) in [5.41, 5.74) is 5.02. The van der Waals surface area contributed by atoms with Crippen molar-refractivity contribution in [1.82, 2.24) is 35.9 Å². The maximum Gasteiger partial charge on any atom is 0.224 e. The van der Waals surface area contributed by atoms with Crippen molar-refractivity contribution in [3.63, 3.8) is 0 Å². The van der Waals surface area contributed by atoms with Gasteiger partial charge in [0.05, 0.1) is 11.7 Å². The number of aromatic amines is 2. The summed E-state index contributed by atoms with van der Waals surface area (Å²) in [5.74, 6) is 2.43. The zero-order chi connectivity index (χ0) is 26.9. The molecule has 2 heterocycles. The van der Waals surface area contributed by atoms with Crippen LogP contribution in [0.3, 0.4) is 0 Å². The van der Waals surface area contributed by atoms with Crippen molar-refractivity contribution in [3.8, 4) is 22.5 Å². The molecule has 2 aromatic heterocycles. The van der Waals surface area contributed by atoms with Crippen molar-refractivity contribution in [2.45, 2.75) is 58.9 Å². The van der Waals surface area contributed by atoms with Gasteiger partial charge >= 0.3 is 0 Å². The van der Waals surface area contributed by atoms with Crippen LogP contribution < -0.4 is 5.32 Å². The molecule has 1 amide bonds. The van der Waals surface area contributed by atoms with E-state index in [9.17, 15) is 4.79 Å². The first kappa shape index (κ1) is 27.6. The van der Waals surface area contributed by atoms with E-state index >= 15 is 0 Å². The third kappa shape index (κ3) is 7.10.